The lowest BCUT2D eigenvalue weighted by Crippen LogP contribution is -2.28. The van der Waals surface area contributed by atoms with E-state index in [2.05, 4.69) is 9.82 Å². The average Bonchev–Trinajstić information content (AvgIpc) is 2.84. The number of anilines is 1. The molecule has 3 aromatic carbocycles. The minimum absolute atomic E-state index is 0.0591. The number of aromatic hydroxyl groups is 1. The summed E-state index contributed by atoms with van der Waals surface area (Å²) in [5.74, 6) is -0.708. The second-order valence-electron chi connectivity index (χ2n) is 7.52. The Balaban J connectivity index is 1.94. The number of sulfonamides is 1. The van der Waals surface area contributed by atoms with Crippen LogP contribution in [0.25, 0.3) is 0 Å². The predicted octanol–water partition coefficient (Wildman–Crippen LogP) is 3.50. The molecule has 3 aromatic rings. The molecule has 3 rings (SSSR count). The molecule has 0 saturated heterocycles. The predicted molar refractivity (Wildman–Crippen MR) is 132 cm³/mol. The van der Waals surface area contributed by atoms with Gasteiger partial charge in [0.25, 0.3) is 5.91 Å². The van der Waals surface area contributed by atoms with Crippen molar-refractivity contribution in [2.45, 2.75) is 18.2 Å². The van der Waals surface area contributed by atoms with E-state index in [9.17, 15) is 18.3 Å². The van der Waals surface area contributed by atoms with Crippen LogP contribution in [0.2, 0.25) is 0 Å². The quantitative estimate of drug-likeness (QED) is 0.262. The number of phenols is 1. The van der Waals surface area contributed by atoms with E-state index >= 15 is 0 Å². The van der Waals surface area contributed by atoms with Gasteiger partial charge in [0.1, 0.15) is 11.4 Å². The number of hydrogen-bond donors (Lipinski definition) is 2. The Morgan fingerprint density at radius 1 is 1.09 bits per heavy atom. The Morgan fingerprint density at radius 3 is 2.59 bits per heavy atom. The Hall–Kier alpha value is -3.53. The summed E-state index contributed by atoms with van der Waals surface area (Å²) in [5.41, 5.74) is 2.12. The summed E-state index contributed by atoms with van der Waals surface area (Å²) in [6, 6.07) is 20.1. The molecule has 0 saturated carbocycles. The molecule has 178 valence electrons. The molecule has 0 aliphatic heterocycles. The number of hydrogen-bond acceptors (Lipinski definition) is 6. The van der Waals surface area contributed by atoms with Crippen LogP contribution in [0.15, 0.2) is 82.8 Å². The summed E-state index contributed by atoms with van der Waals surface area (Å²) in [6.07, 6.45) is 2.04. The van der Waals surface area contributed by atoms with Crippen molar-refractivity contribution in [3.05, 3.63) is 89.5 Å². The first-order valence-electron chi connectivity index (χ1n) is 10.6. The SMILES string of the molecule is COCCNS(=O)(=O)c1cccc(C(=O)N(/N=C/Cc2ccccc2)c2cc(C)ccc2O)c1. The summed E-state index contributed by atoms with van der Waals surface area (Å²) in [4.78, 5) is 13.4. The van der Waals surface area contributed by atoms with Gasteiger partial charge in [-0.25, -0.2) is 13.1 Å². The molecule has 1 amide bonds. The number of carbonyl (C=O) groups is 1. The number of rotatable bonds is 10. The van der Waals surface area contributed by atoms with Gasteiger partial charge in [0.2, 0.25) is 10.0 Å². The maximum atomic E-state index is 13.5. The summed E-state index contributed by atoms with van der Waals surface area (Å²) in [7, 11) is -2.36. The molecule has 0 spiro atoms. The molecule has 8 nitrogen and oxygen atoms in total. The summed E-state index contributed by atoms with van der Waals surface area (Å²) < 4.78 is 32.5. The number of phenolic OH excluding ortho intramolecular Hbond substituents is 1. The van der Waals surface area contributed by atoms with E-state index in [-0.39, 0.29) is 35.0 Å². The summed E-state index contributed by atoms with van der Waals surface area (Å²) in [5, 5.41) is 15.9. The Morgan fingerprint density at radius 2 is 1.85 bits per heavy atom. The van der Waals surface area contributed by atoms with Gasteiger partial charge in [0.05, 0.1) is 11.5 Å². The van der Waals surface area contributed by atoms with Gasteiger partial charge in [-0.15, -0.1) is 0 Å². The lowest BCUT2D eigenvalue weighted by atomic mass is 10.1. The maximum absolute atomic E-state index is 13.5. The third-order valence-corrected chi connectivity index (χ3v) is 6.37. The number of benzene rings is 3. The van der Waals surface area contributed by atoms with E-state index in [1.807, 2.05) is 37.3 Å². The molecule has 0 bridgehead atoms. The van der Waals surface area contributed by atoms with Crippen LogP contribution in [0.1, 0.15) is 21.5 Å². The van der Waals surface area contributed by atoms with E-state index < -0.39 is 15.9 Å². The average molecular weight is 482 g/mol. The molecule has 0 radical (unpaired) electrons. The van der Waals surface area contributed by atoms with E-state index in [4.69, 9.17) is 4.74 Å². The molecule has 0 fully saturated rings. The number of ether oxygens (including phenoxy) is 1. The van der Waals surface area contributed by atoms with Crippen molar-refractivity contribution >= 4 is 27.8 Å². The van der Waals surface area contributed by atoms with Crippen LogP contribution in [-0.2, 0) is 21.2 Å². The highest BCUT2D eigenvalue weighted by Gasteiger charge is 2.22. The van der Waals surface area contributed by atoms with E-state index in [0.717, 1.165) is 16.1 Å². The smallest absolute Gasteiger partial charge is 0.278 e. The van der Waals surface area contributed by atoms with Crippen LogP contribution >= 0.6 is 0 Å². The molecule has 2 N–H and O–H groups in total. The molecule has 0 aromatic heterocycles. The van der Waals surface area contributed by atoms with Crippen LogP contribution in [0.3, 0.4) is 0 Å². The van der Waals surface area contributed by atoms with Gasteiger partial charge in [0.15, 0.2) is 0 Å². The molecule has 0 atom stereocenters. The van der Waals surface area contributed by atoms with Crippen LogP contribution in [-0.4, -0.2) is 45.9 Å². The van der Waals surface area contributed by atoms with E-state index in [1.165, 1.54) is 37.4 Å². The van der Waals surface area contributed by atoms with Crippen molar-refractivity contribution in [2.75, 3.05) is 25.3 Å². The van der Waals surface area contributed by atoms with Crippen LogP contribution in [0.4, 0.5) is 5.69 Å². The second-order valence-corrected chi connectivity index (χ2v) is 9.28. The van der Waals surface area contributed by atoms with E-state index in [1.54, 1.807) is 18.3 Å². The fourth-order valence-electron chi connectivity index (χ4n) is 3.15. The second kappa shape index (κ2) is 11.6. The van der Waals surface area contributed by atoms with Gasteiger partial charge in [-0.05, 0) is 48.4 Å². The number of nitrogens with zero attached hydrogens (tertiary/aromatic N) is 2. The molecular weight excluding hydrogens is 454 g/mol. The van der Waals surface area contributed by atoms with Crippen molar-refractivity contribution in [3.8, 4) is 5.75 Å². The minimum atomic E-state index is -3.84. The minimum Gasteiger partial charge on any atom is -0.506 e. The highest BCUT2D eigenvalue weighted by Crippen LogP contribution is 2.30. The summed E-state index contributed by atoms with van der Waals surface area (Å²) in [6.45, 7) is 2.15. The molecule has 34 heavy (non-hydrogen) atoms. The number of hydrazone groups is 1. The maximum Gasteiger partial charge on any atom is 0.278 e. The Kier molecular flexibility index (Phi) is 8.53. The Labute approximate surface area is 199 Å². The largest absolute Gasteiger partial charge is 0.506 e. The molecule has 0 aliphatic carbocycles. The number of aryl methyl sites for hydroxylation is 1. The topological polar surface area (TPSA) is 108 Å². The van der Waals surface area contributed by atoms with Crippen LogP contribution < -0.4 is 9.73 Å². The highest BCUT2D eigenvalue weighted by atomic mass is 32.2. The standard InChI is InChI=1S/C25H27N3O5S/c1-19-11-12-24(29)23(17-19)28(26-14-13-20-7-4-3-5-8-20)25(30)21-9-6-10-22(18-21)34(31,32)27-15-16-33-2/h3-12,14,17-18,27,29H,13,15-16H2,1-2H3/b26-14+. The van der Waals surface area contributed by atoms with Crippen molar-refractivity contribution in [2.24, 2.45) is 5.10 Å². The normalized spacial score (nSPS) is 11.6. The Bertz CT molecular complexity index is 1260. The van der Waals surface area contributed by atoms with Gasteiger partial charge in [-0.2, -0.15) is 10.1 Å². The fraction of sp³-hybridized carbons (Fsp3) is 0.200. The number of amides is 1. The van der Waals surface area contributed by atoms with Crippen LogP contribution in [0.5, 0.6) is 5.75 Å². The third kappa shape index (κ3) is 6.50. The zero-order chi connectivity index (χ0) is 24.6. The number of methoxy groups -OCH3 is 1. The monoisotopic (exact) mass is 481 g/mol. The molecule has 0 unspecified atom stereocenters. The van der Waals surface area contributed by atoms with Gasteiger partial charge in [-0.1, -0.05) is 42.5 Å². The lowest BCUT2D eigenvalue weighted by Gasteiger charge is -2.19. The third-order valence-electron chi connectivity index (χ3n) is 4.91. The van der Waals surface area contributed by atoms with Gasteiger partial charge in [-0.3, -0.25) is 4.79 Å². The van der Waals surface area contributed by atoms with Crippen LogP contribution in [0, 0.1) is 6.92 Å². The van der Waals surface area contributed by atoms with Crippen molar-refractivity contribution in [3.63, 3.8) is 0 Å². The molecular formula is C25H27N3O5S. The molecule has 9 heteroatoms. The van der Waals surface area contributed by atoms with E-state index in [0.29, 0.717) is 6.42 Å². The van der Waals surface area contributed by atoms with Crippen molar-refractivity contribution in [1.82, 2.24) is 4.72 Å². The first-order chi connectivity index (χ1) is 16.3. The van der Waals surface area contributed by atoms with Gasteiger partial charge < -0.3 is 9.84 Å². The first-order valence-corrected chi connectivity index (χ1v) is 12.1. The summed E-state index contributed by atoms with van der Waals surface area (Å²) >= 11 is 0. The zero-order valence-electron chi connectivity index (χ0n) is 19.0. The highest BCUT2D eigenvalue weighted by molar-refractivity contribution is 7.89. The number of carbonyl (C=O) groups excluding carboxylic acids is 1. The fourth-order valence-corrected chi connectivity index (χ4v) is 4.21. The van der Waals surface area contributed by atoms with Gasteiger partial charge in [0, 0.05) is 31.9 Å². The zero-order valence-corrected chi connectivity index (χ0v) is 19.8. The first kappa shape index (κ1) is 25.1. The van der Waals surface area contributed by atoms with Crippen molar-refractivity contribution < 1.29 is 23.1 Å². The number of nitrogens with one attached hydrogen (secondary N) is 1. The van der Waals surface area contributed by atoms with Gasteiger partial charge >= 0.3 is 0 Å². The molecule has 0 heterocycles. The van der Waals surface area contributed by atoms with Crippen molar-refractivity contribution in [1.29, 1.82) is 0 Å². The lowest BCUT2D eigenvalue weighted by molar-refractivity contribution is 0.0987. The molecule has 0 aliphatic rings.